The van der Waals surface area contributed by atoms with Crippen LogP contribution in [0.2, 0.25) is 5.02 Å². The summed E-state index contributed by atoms with van der Waals surface area (Å²) in [7, 11) is -3.66. The molecule has 0 atom stereocenters. The van der Waals surface area contributed by atoms with Crippen LogP contribution in [0.3, 0.4) is 0 Å². The van der Waals surface area contributed by atoms with Crippen molar-refractivity contribution in [1.29, 1.82) is 0 Å². The summed E-state index contributed by atoms with van der Waals surface area (Å²) in [6, 6.07) is 5.83. The second kappa shape index (κ2) is 11.4. The molecule has 1 aromatic heterocycles. The highest BCUT2D eigenvalue weighted by Gasteiger charge is 2.35. The Morgan fingerprint density at radius 3 is 2.32 bits per heavy atom. The monoisotopic (exact) mass is 574 g/mol. The first-order chi connectivity index (χ1) is 17.8. The van der Waals surface area contributed by atoms with Crippen LogP contribution in [0.4, 0.5) is 18.9 Å². The molecule has 1 aromatic carbocycles. The maximum atomic E-state index is 13.3. The summed E-state index contributed by atoms with van der Waals surface area (Å²) < 4.78 is 72.3. The summed E-state index contributed by atoms with van der Waals surface area (Å²) >= 11 is 5.97. The molecule has 2 aromatic rings. The van der Waals surface area contributed by atoms with Gasteiger partial charge in [0.25, 0.3) is 0 Å². The van der Waals surface area contributed by atoms with E-state index in [9.17, 15) is 26.4 Å². The van der Waals surface area contributed by atoms with Crippen molar-refractivity contribution >= 4 is 33.2 Å². The maximum Gasteiger partial charge on any atom is 0.417 e. The lowest BCUT2D eigenvalue weighted by Gasteiger charge is -2.41. The van der Waals surface area contributed by atoms with Gasteiger partial charge in [0.1, 0.15) is 11.1 Å². The molecule has 2 fully saturated rings. The third-order valence-corrected chi connectivity index (χ3v) is 9.27. The molecule has 8 nitrogen and oxygen atoms in total. The molecule has 0 saturated carbocycles. The largest absolute Gasteiger partial charge is 0.473 e. The highest BCUT2D eigenvalue weighted by molar-refractivity contribution is 7.89. The molecule has 3 heterocycles. The van der Waals surface area contributed by atoms with E-state index in [-0.39, 0.29) is 33.9 Å². The minimum atomic E-state index is -4.52. The third kappa shape index (κ3) is 6.59. The van der Waals surface area contributed by atoms with Crippen molar-refractivity contribution in [1.82, 2.24) is 14.2 Å². The zero-order valence-corrected chi connectivity index (χ0v) is 22.7. The van der Waals surface area contributed by atoms with Crippen LogP contribution in [0.15, 0.2) is 35.4 Å². The highest BCUT2D eigenvalue weighted by atomic mass is 35.5. The second-order valence-electron chi connectivity index (χ2n) is 9.66. The molecule has 0 unspecified atom stereocenters. The summed E-state index contributed by atoms with van der Waals surface area (Å²) in [6.45, 7) is 5.37. The van der Waals surface area contributed by atoms with Crippen LogP contribution in [-0.2, 0) is 21.0 Å². The van der Waals surface area contributed by atoms with E-state index in [0.29, 0.717) is 50.0 Å². The SMILES string of the molecule is CC(=O)Nc1ccc(S(=O)(=O)N2CCC(N3CCC(Oc4ncc(C(F)(F)F)cc4Cl)CC3)CC2)c(C)c1. The zero-order valence-electron chi connectivity index (χ0n) is 21.1. The van der Waals surface area contributed by atoms with Gasteiger partial charge in [-0.2, -0.15) is 17.5 Å². The first kappa shape index (κ1) is 28.6. The fourth-order valence-electron chi connectivity index (χ4n) is 4.99. The number of alkyl halides is 3. The van der Waals surface area contributed by atoms with E-state index in [1.54, 1.807) is 19.1 Å². The molecule has 1 N–H and O–H groups in total. The summed E-state index contributed by atoms with van der Waals surface area (Å²) in [5.74, 6) is -0.227. The smallest absolute Gasteiger partial charge is 0.417 e. The second-order valence-corrected chi connectivity index (χ2v) is 12.0. The quantitative estimate of drug-likeness (QED) is 0.537. The number of sulfonamides is 1. The number of nitrogens with one attached hydrogen (secondary N) is 1. The van der Waals surface area contributed by atoms with E-state index >= 15 is 0 Å². The van der Waals surface area contributed by atoms with E-state index in [1.807, 2.05) is 0 Å². The molecule has 2 aliphatic heterocycles. The third-order valence-electron chi connectivity index (χ3n) is 6.94. The number of halogens is 4. The standard InChI is InChI=1S/C25H30ClF3N4O4S/c1-16-13-19(31-17(2)34)3-4-23(16)38(35,36)33-11-5-20(6-12-33)32-9-7-21(8-10-32)37-24-22(26)14-18(15-30-24)25(27,28)29/h3-4,13-15,20-21H,5-12H2,1-2H3,(H,31,34). The topological polar surface area (TPSA) is 91.8 Å². The predicted molar refractivity (Wildman–Crippen MR) is 137 cm³/mol. The van der Waals surface area contributed by atoms with Crippen LogP contribution in [0.25, 0.3) is 0 Å². The number of aryl methyl sites for hydroxylation is 1. The van der Waals surface area contributed by atoms with Gasteiger partial charge in [0, 0.05) is 51.0 Å². The van der Waals surface area contributed by atoms with Crippen molar-refractivity contribution < 1.29 is 31.1 Å². The van der Waals surface area contributed by atoms with E-state index in [1.165, 1.54) is 17.3 Å². The number of hydrogen-bond donors (Lipinski definition) is 1. The number of piperidine rings is 2. The molecule has 0 bridgehead atoms. The summed E-state index contributed by atoms with van der Waals surface area (Å²) in [4.78, 5) is 17.6. The summed E-state index contributed by atoms with van der Waals surface area (Å²) in [6.07, 6.45) is -1.30. The Morgan fingerprint density at radius 2 is 1.76 bits per heavy atom. The molecule has 4 rings (SSSR count). The molecule has 0 spiro atoms. The number of carbonyl (C=O) groups excluding carboxylic acids is 1. The predicted octanol–water partition coefficient (Wildman–Crippen LogP) is 4.72. The van der Waals surface area contributed by atoms with E-state index < -0.39 is 21.8 Å². The Morgan fingerprint density at radius 1 is 1.11 bits per heavy atom. The number of aromatic nitrogens is 1. The van der Waals surface area contributed by atoms with Crippen LogP contribution in [0, 0.1) is 6.92 Å². The molecule has 2 saturated heterocycles. The lowest BCUT2D eigenvalue weighted by atomic mass is 10.00. The van der Waals surface area contributed by atoms with Gasteiger partial charge in [0.05, 0.1) is 10.5 Å². The van der Waals surface area contributed by atoms with Crippen LogP contribution in [0.5, 0.6) is 5.88 Å². The molecule has 38 heavy (non-hydrogen) atoms. The van der Waals surface area contributed by atoms with Gasteiger partial charge in [0.2, 0.25) is 21.8 Å². The Balaban J connectivity index is 1.29. The number of benzene rings is 1. The normalized spacial score (nSPS) is 18.9. The van der Waals surface area contributed by atoms with Crippen LogP contribution in [0.1, 0.15) is 43.7 Å². The van der Waals surface area contributed by atoms with E-state index in [0.717, 1.165) is 25.4 Å². The number of pyridine rings is 1. The Kier molecular flexibility index (Phi) is 8.55. The number of ether oxygens (including phenoxy) is 1. The molecule has 0 aliphatic carbocycles. The van der Waals surface area contributed by atoms with Crippen molar-refractivity contribution in [3.8, 4) is 5.88 Å². The van der Waals surface area contributed by atoms with Gasteiger partial charge in [-0.3, -0.25) is 4.79 Å². The minimum Gasteiger partial charge on any atom is -0.473 e. The molecule has 1 amide bonds. The van der Waals surface area contributed by atoms with Gasteiger partial charge < -0.3 is 15.0 Å². The Hall–Kier alpha value is -2.41. The lowest BCUT2D eigenvalue weighted by molar-refractivity contribution is -0.137. The summed E-state index contributed by atoms with van der Waals surface area (Å²) in [5, 5.41) is 2.49. The number of amides is 1. The van der Waals surface area contributed by atoms with Gasteiger partial charge in [-0.05, 0) is 62.4 Å². The number of likely N-dealkylation sites (tertiary alicyclic amines) is 1. The first-order valence-electron chi connectivity index (χ1n) is 12.4. The van der Waals surface area contributed by atoms with Gasteiger partial charge in [-0.15, -0.1) is 0 Å². The van der Waals surface area contributed by atoms with Crippen molar-refractivity contribution in [2.75, 3.05) is 31.5 Å². The lowest BCUT2D eigenvalue weighted by Crippen LogP contribution is -2.50. The Bertz CT molecular complexity index is 1280. The van der Waals surface area contributed by atoms with Crippen molar-refractivity contribution in [3.05, 3.63) is 46.6 Å². The fourth-order valence-corrected chi connectivity index (χ4v) is 6.88. The average Bonchev–Trinajstić information content (AvgIpc) is 2.85. The Labute approximate surface area is 225 Å². The molecule has 2 aliphatic rings. The molecule has 13 heteroatoms. The number of nitrogens with zero attached hydrogens (tertiary/aromatic N) is 3. The van der Waals surface area contributed by atoms with Crippen molar-refractivity contribution in [3.63, 3.8) is 0 Å². The van der Waals surface area contributed by atoms with E-state index in [4.69, 9.17) is 16.3 Å². The van der Waals surface area contributed by atoms with Gasteiger partial charge >= 0.3 is 6.18 Å². The number of hydrogen-bond acceptors (Lipinski definition) is 6. The average molecular weight is 575 g/mol. The first-order valence-corrected chi connectivity index (χ1v) is 14.2. The highest BCUT2D eigenvalue weighted by Crippen LogP contribution is 2.34. The maximum absolute atomic E-state index is 13.3. The van der Waals surface area contributed by atoms with E-state index in [2.05, 4.69) is 15.2 Å². The van der Waals surface area contributed by atoms with Gasteiger partial charge in [0.15, 0.2) is 0 Å². The number of rotatable bonds is 6. The van der Waals surface area contributed by atoms with Crippen LogP contribution in [-0.4, -0.2) is 66.8 Å². The summed E-state index contributed by atoms with van der Waals surface area (Å²) in [5.41, 5.74) is 0.203. The molecular weight excluding hydrogens is 545 g/mol. The minimum absolute atomic E-state index is 0.00275. The van der Waals surface area contributed by atoms with Gasteiger partial charge in [-0.1, -0.05) is 11.6 Å². The van der Waals surface area contributed by atoms with Crippen LogP contribution >= 0.6 is 11.6 Å². The zero-order chi connectivity index (χ0) is 27.7. The molecule has 0 radical (unpaired) electrons. The fraction of sp³-hybridized carbons (Fsp3) is 0.520. The van der Waals surface area contributed by atoms with Crippen LogP contribution < -0.4 is 10.1 Å². The van der Waals surface area contributed by atoms with Gasteiger partial charge in [-0.25, -0.2) is 13.4 Å². The van der Waals surface area contributed by atoms with Crippen molar-refractivity contribution in [2.45, 2.75) is 62.7 Å². The van der Waals surface area contributed by atoms with Crippen molar-refractivity contribution in [2.24, 2.45) is 0 Å². The number of carbonyl (C=O) groups is 1. The number of anilines is 1. The molecule has 208 valence electrons. The molecular formula is C25H30ClF3N4O4S.